The van der Waals surface area contributed by atoms with Crippen LogP contribution >= 0.6 is 0 Å². The third kappa shape index (κ3) is 4.37. The van der Waals surface area contributed by atoms with Gasteiger partial charge in [-0.1, -0.05) is 31.2 Å². The predicted molar refractivity (Wildman–Crippen MR) is 111 cm³/mol. The van der Waals surface area contributed by atoms with Crippen LogP contribution in [-0.2, 0) is 0 Å². The Morgan fingerprint density at radius 2 is 1.86 bits per heavy atom. The first-order valence-electron chi connectivity index (χ1n) is 9.35. The number of aromatic amines is 1. The highest BCUT2D eigenvalue weighted by atomic mass is 19.1. The number of pyridine rings is 1. The summed E-state index contributed by atoms with van der Waals surface area (Å²) in [6.45, 7) is 1.94. The molecule has 2 aromatic carbocycles. The lowest BCUT2D eigenvalue weighted by Gasteiger charge is -2.27. The largest absolute Gasteiger partial charge is 0.497 e. The Balaban J connectivity index is 1.88. The van der Waals surface area contributed by atoms with E-state index in [1.165, 1.54) is 23.1 Å². The van der Waals surface area contributed by atoms with E-state index in [-0.39, 0.29) is 23.3 Å². The molecule has 0 fully saturated rings. The van der Waals surface area contributed by atoms with E-state index in [4.69, 9.17) is 4.74 Å². The Morgan fingerprint density at radius 1 is 1.14 bits per heavy atom. The molecule has 1 atom stereocenters. The number of rotatable bonds is 6. The van der Waals surface area contributed by atoms with Gasteiger partial charge in [0.1, 0.15) is 17.1 Å². The van der Waals surface area contributed by atoms with Gasteiger partial charge in [0, 0.05) is 18.3 Å². The van der Waals surface area contributed by atoms with Crippen molar-refractivity contribution >= 4 is 5.91 Å². The second-order valence-electron chi connectivity index (χ2n) is 6.74. The fourth-order valence-corrected chi connectivity index (χ4v) is 3.35. The van der Waals surface area contributed by atoms with Crippen LogP contribution in [0.4, 0.5) is 4.39 Å². The van der Waals surface area contributed by atoms with E-state index in [1.54, 1.807) is 38.4 Å². The molecule has 0 saturated carbocycles. The smallest absolute Gasteiger partial charge is 0.261 e. The molecule has 0 saturated heterocycles. The van der Waals surface area contributed by atoms with Gasteiger partial charge in [-0.3, -0.25) is 9.59 Å². The third-order valence-electron chi connectivity index (χ3n) is 4.95. The minimum Gasteiger partial charge on any atom is -0.497 e. The summed E-state index contributed by atoms with van der Waals surface area (Å²) in [7, 11) is 3.22. The zero-order valence-corrected chi connectivity index (χ0v) is 16.6. The third-order valence-corrected chi connectivity index (χ3v) is 4.95. The van der Waals surface area contributed by atoms with E-state index < -0.39 is 5.56 Å². The first-order chi connectivity index (χ1) is 13.9. The van der Waals surface area contributed by atoms with E-state index in [0.717, 1.165) is 11.1 Å². The summed E-state index contributed by atoms with van der Waals surface area (Å²) in [5, 5.41) is 0. The van der Waals surface area contributed by atoms with Crippen LogP contribution < -0.4 is 10.3 Å². The van der Waals surface area contributed by atoms with Crippen LogP contribution in [0.3, 0.4) is 0 Å². The minimum atomic E-state index is -0.462. The van der Waals surface area contributed by atoms with E-state index in [1.807, 2.05) is 25.1 Å². The van der Waals surface area contributed by atoms with Gasteiger partial charge in [0.25, 0.3) is 11.5 Å². The van der Waals surface area contributed by atoms with Gasteiger partial charge in [-0.2, -0.15) is 0 Å². The van der Waals surface area contributed by atoms with E-state index >= 15 is 0 Å². The maximum Gasteiger partial charge on any atom is 0.261 e. The zero-order valence-electron chi connectivity index (χ0n) is 16.6. The van der Waals surface area contributed by atoms with E-state index in [0.29, 0.717) is 17.9 Å². The second-order valence-corrected chi connectivity index (χ2v) is 6.74. The van der Waals surface area contributed by atoms with Crippen LogP contribution in [0.25, 0.3) is 11.3 Å². The molecule has 1 heterocycles. The van der Waals surface area contributed by atoms with Crippen molar-refractivity contribution in [3.05, 3.63) is 88.0 Å². The fourth-order valence-electron chi connectivity index (χ4n) is 3.35. The van der Waals surface area contributed by atoms with E-state index in [2.05, 4.69) is 4.98 Å². The van der Waals surface area contributed by atoms with Gasteiger partial charge in [-0.25, -0.2) is 4.39 Å². The molecule has 1 amide bonds. The van der Waals surface area contributed by atoms with Crippen molar-refractivity contribution in [2.75, 3.05) is 14.2 Å². The van der Waals surface area contributed by atoms with Gasteiger partial charge >= 0.3 is 0 Å². The number of hydrogen-bond donors (Lipinski definition) is 1. The van der Waals surface area contributed by atoms with Gasteiger partial charge < -0.3 is 14.6 Å². The van der Waals surface area contributed by atoms with Gasteiger partial charge in [0.15, 0.2) is 0 Å². The molecule has 1 N–H and O–H groups in total. The highest BCUT2D eigenvalue weighted by Gasteiger charge is 2.23. The lowest BCUT2D eigenvalue weighted by atomic mass is 10.0. The minimum absolute atomic E-state index is 0.0553. The van der Waals surface area contributed by atoms with Crippen molar-refractivity contribution in [3.63, 3.8) is 0 Å². The Kier molecular flexibility index (Phi) is 6.12. The molecular weight excluding hydrogens is 371 g/mol. The Morgan fingerprint density at radius 3 is 2.48 bits per heavy atom. The van der Waals surface area contributed by atoms with Crippen molar-refractivity contribution in [1.82, 2.24) is 9.88 Å². The van der Waals surface area contributed by atoms with Crippen LogP contribution in [0.15, 0.2) is 65.5 Å². The van der Waals surface area contributed by atoms with Gasteiger partial charge in [-0.15, -0.1) is 0 Å². The van der Waals surface area contributed by atoms with Crippen LogP contribution in [0.1, 0.15) is 35.3 Å². The second kappa shape index (κ2) is 8.73. The average molecular weight is 394 g/mol. The van der Waals surface area contributed by atoms with Crippen LogP contribution in [0, 0.1) is 5.82 Å². The molecule has 3 aromatic rings. The maximum absolute atomic E-state index is 13.2. The molecule has 0 unspecified atom stereocenters. The molecule has 150 valence electrons. The molecule has 6 heteroatoms. The number of nitrogens with zero attached hydrogens (tertiary/aromatic N) is 1. The Hall–Kier alpha value is -3.41. The summed E-state index contributed by atoms with van der Waals surface area (Å²) in [6, 6.07) is 16.3. The quantitative estimate of drug-likeness (QED) is 0.674. The van der Waals surface area contributed by atoms with Crippen molar-refractivity contribution in [3.8, 4) is 17.0 Å². The number of benzene rings is 2. The first-order valence-corrected chi connectivity index (χ1v) is 9.35. The van der Waals surface area contributed by atoms with Crippen molar-refractivity contribution in [1.29, 1.82) is 0 Å². The number of carbonyl (C=O) groups excluding carboxylic acids is 1. The number of carbonyl (C=O) groups is 1. The molecular formula is C23H23FN2O3. The van der Waals surface area contributed by atoms with E-state index in [9.17, 15) is 14.0 Å². The Bertz CT molecular complexity index is 1060. The first kappa shape index (κ1) is 20.3. The Labute approximate surface area is 168 Å². The average Bonchev–Trinajstić information content (AvgIpc) is 2.75. The van der Waals surface area contributed by atoms with Crippen molar-refractivity contribution in [2.45, 2.75) is 19.4 Å². The number of ether oxygens (including phenoxy) is 1. The number of hydrogen-bond acceptors (Lipinski definition) is 3. The zero-order chi connectivity index (χ0) is 21.0. The number of nitrogens with one attached hydrogen (secondary N) is 1. The molecule has 0 aliphatic carbocycles. The van der Waals surface area contributed by atoms with Gasteiger partial charge in [0.2, 0.25) is 0 Å². The molecule has 29 heavy (non-hydrogen) atoms. The van der Waals surface area contributed by atoms with Crippen LogP contribution in [-0.4, -0.2) is 29.9 Å². The maximum atomic E-state index is 13.2. The summed E-state index contributed by atoms with van der Waals surface area (Å²) >= 11 is 0. The number of amides is 1. The molecule has 0 spiro atoms. The normalized spacial score (nSPS) is 11.7. The monoisotopic (exact) mass is 394 g/mol. The summed E-state index contributed by atoms with van der Waals surface area (Å²) < 4.78 is 18.4. The summed E-state index contributed by atoms with van der Waals surface area (Å²) in [5.41, 5.74) is 1.79. The number of H-pyrrole nitrogens is 1. The lowest BCUT2D eigenvalue weighted by molar-refractivity contribution is 0.0724. The molecule has 3 rings (SSSR count). The standard InChI is InChI=1S/C23H23FN2O3/c1-4-21(15-8-10-17(24)11-9-15)26(2)23(28)19-12-13-20(25-22(19)27)16-6-5-7-18(14-16)29-3/h5-14,21H,4H2,1-3H3,(H,25,27)/t21-/m1/s1. The molecule has 5 nitrogen and oxygen atoms in total. The van der Waals surface area contributed by atoms with Crippen molar-refractivity contribution < 1.29 is 13.9 Å². The SMILES string of the molecule is CC[C@H](c1ccc(F)cc1)N(C)C(=O)c1ccc(-c2cccc(OC)c2)[nH]c1=O. The van der Waals surface area contributed by atoms with Gasteiger partial charge in [0.05, 0.1) is 13.2 Å². The van der Waals surface area contributed by atoms with Crippen LogP contribution in [0.2, 0.25) is 0 Å². The molecule has 1 aromatic heterocycles. The molecule has 0 bridgehead atoms. The lowest BCUT2D eigenvalue weighted by Crippen LogP contribution is -2.34. The number of halogens is 1. The predicted octanol–water partition coefficient (Wildman–Crippen LogP) is 4.41. The topological polar surface area (TPSA) is 62.4 Å². The summed E-state index contributed by atoms with van der Waals surface area (Å²) in [6.07, 6.45) is 0.633. The van der Waals surface area contributed by atoms with Crippen LogP contribution in [0.5, 0.6) is 5.75 Å². The van der Waals surface area contributed by atoms with Gasteiger partial charge in [-0.05, 0) is 48.4 Å². The molecule has 0 aliphatic rings. The molecule has 0 radical (unpaired) electrons. The highest BCUT2D eigenvalue weighted by molar-refractivity contribution is 5.94. The number of methoxy groups -OCH3 is 1. The highest BCUT2D eigenvalue weighted by Crippen LogP contribution is 2.25. The molecule has 0 aliphatic heterocycles. The van der Waals surface area contributed by atoms with Crippen molar-refractivity contribution in [2.24, 2.45) is 0 Å². The summed E-state index contributed by atoms with van der Waals surface area (Å²) in [5.74, 6) is -0.0462. The number of aromatic nitrogens is 1. The fraction of sp³-hybridized carbons (Fsp3) is 0.217. The summed E-state index contributed by atoms with van der Waals surface area (Å²) in [4.78, 5) is 29.9.